The van der Waals surface area contributed by atoms with Gasteiger partial charge >= 0.3 is 6.18 Å². The van der Waals surface area contributed by atoms with Crippen LogP contribution < -0.4 is 0 Å². The van der Waals surface area contributed by atoms with E-state index in [4.69, 9.17) is 0 Å². The van der Waals surface area contributed by atoms with Gasteiger partial charge in [-0.2, -0.15) is 13.2 Å². The average Bonchev–Trinajstić information content (AvgIpc) is 2.16. The van der Waals surface area contributed by atoms with Crippen molar-refractivity contribution in [2.75, 3.05) is 0 Å². The van der Waals surface area contributed by atoms with Crippen LogP contribution in [-0.4, -0.2) is 10.1 Å². The minimum absolute atomic E-state index is 0.129. The Morgan fingerprint density at radius 1 is 1.20 bits per heavy atom. The molecule has 0 amide bonds. The van der Waals surface area contributed by atoms with Gasteiger partial charge in [0.05, 0.1) is 11.1 Å². The number of aromatic hydroxyl groups is 1. The highest BCUT2D eigenvalue weighted by Crippen LogP contribution is 2.34. The van der Waals surface area contributed by atoms with Crippen molar-refractivity contribution in [3.05, 3.63) is 36.0 Å². The van der Waals surface area contributed by atoms with Crippen molar-refractivity contribution >= 4 is 10.9 Å². The fraction of sp³-hybridized carbons (Fsp3) is 0.100. The molecule has 0 saturated carbocycles. The lowest BCUT2D eigenvalue weighted by Gasteiger charge is -2.08. The molecule has 1 aromatic carbocycles. The minimum Gasteiger partial charge on any atom is -0.507 e. The quantitative estimate of drug-likeness (QED) is 0.729. The molecular weight excluding hydrogens is 207 g/mol. The number of halogens is 3. The second-order valence-electron chi connectivity index (χ2n) is 3.06. The van der Waals surface area contributed by atoms with Gasteiger partial charge < -0.3 is 5.11 Å². The van der Waals surface area contributed by atoms with Gasteiger partial charge in [-0.25, -0.2) is 0 Å². The Kier molecular flexibility index (Phi) is 2.03. The predicted molar refractivity (Wildman–Crippen MR) is 48.4 cm³/mol. The van der Waals surface area contributed by atoms with Crippen LogP contribution in [0.2, 0.25) is 0 Å². The summed E-state index contributed by atoms with van der Waals surface area (Å²) in [6.07, 6.45) is -3.09. The molecule has 0 spiro atoms. The van der Waals surface area contributed by atoms with Gasteiger partial charge in [0, 0.05) is 11.6 Å². The standard InChI is InChI=1S/C10H6F3NO/c11-10(12,13)6-4-8-7(9(15)5-6)2-1-3-14-8/h1-5,15H. The molecule has 5 heteroatoms. The van der Waals surface area contributed by atoms with E-state index in [2.05, 4.69) is 4.98 Å². The molecule has 2 nitrogen and oxygen atoms in total. The summed E-state index contributed by atoms with van der Waals surface area (Å²) in [4.78, 5) is 3.76. The van der Waals surface area contributed by atoms with Gasteiger partial charge in [-0.05, 0) is 24.3 Å². The summed E-state index contributed by atoms with van der Waals surface area (Å²) in [6, 6.07) is 4.67. The third kappa shape index (κ3) is 1.72. The van der Waals surface area contributed by atoms with Crippen molar-refractivity contribution in [2.24, 2.45) is 0 Å². The second kappa shape index (κ2) is 3.12. The Bertz CT molecular complexity index is 507. The van der Waals surface area contributed by atoms with Crippen molar-refractivity contribution in [3.8, 4) is 5.75 Å². The van der Waals surface area contributed by atoms with E-state index in [9.17, 15) is 18.3 Å². The van der Waals surface area contributed by atoms with Gasteiger partial charge in [-0.1, -0.05) is 0 Å². The molecule has 15 heavy (non-hydrogen) atoms. The van der Waals surface area contributed by atoms with E-state index < -0.39 is 17.5 Å². The van der Waals surface area contributed by atoms with Gasteiger partial charge in [0.15, 0.2) is 0 Å². The highest BCUT2D eigenvalue weighted by atomic mass is 19.4. The number of phenolic OH excluding ortho intramolecular Hbond substituents is 1. The largest absolute Gasteiger partial charge is 0.507 e. The van der Waals surface area contributed by atoms with Gasteiger partial charge in [-0.15, -0.1) is 0 Å². The molecule has 2 rings (SSSR count). The zero-order valence-electron chi connectivity index (χ0n) is 7.42. The van der Waals surface area contributed by atoms with Crippen molar-refractivity contribution in [1.29, 1.82) is 0 Å². The molecule has 0 bridgehead atoms. The third-order valence-electron chi connectivity index (χ3n) is 2.03. The number of nitrogens with zero attached hydrogens (tertiary/aromatic N) is 1. The highest BCUT2D eigenvalue weighted by Gasteiger charge is 2.31. The molecule has 2 aromatic rings. The van der Waals surface area contributed by atoms with E-state index in [0.717, 1.165) is 6.07 Å². The van der Waals surface area contributed by atoms with Gasteiger partial charge in [-0.3, -0.25) is 4.98 Å². The Hall–Kier alpha value is -1.78. The Morgan fingerprint density at radius 3 is 2.60 bits per heavy atom. The molecule has 0 radical (unpaired) electrons. The number of aromatic nitrogens is 1. The topological polar surface area (TPSA) is 33.1 Å². The molecule has 1 heterocycles. The number of benzene rings is 1. The molecule has 0 fully saturated rings. The summed E-state index contributed by atoms with van der Waals surface area (Å²) >= 11 is 0. The van der Waals surface area contributed by atoms with Crippen LogP contribution in [0.25, 0.3) is 10.9 Å². The first-order chi connectivity index (χ1) is 6.98. The number of fused-ring (bicyclic) bond motifs is 1. The van der Waals surface area contributed by atoms with E-state index in [-0.39, 0.29) is 5.52 Å². The van der Waals surface area contributed by atoms with E-state index in [1.165, 1.54) is 12.3 Å². The zero-order chi connectivity index (χ0) is 11.1. The number of rotatable bonds is 0. The summed E-state index contributed by atoms with van der Waals surface area (Å²) in [5.41, 5.74) is -0.768. The Labute approximate surface area is 83.0 Å². The van der Waals surface area contributed by atoms with Crippen molar-refractivity contribution in [3.63, 3.8) is 0 Å². The van der Waals surface area contributed by atoms with Crippen LogP contribution in [0.3, 0.4) is 0 Å². The SMILES string of the molecule is Oc1cc(C(F)(F)F)cc2ncccc12. The summed E-state index contributed by atoms with van der Waals surface area (Å²) in [5, 5.41) is 9.69. The first-order valence-corrected chi connectivity index (χ1v) is 4.13. The Balaban J connectivity index is 2.73. The molecular formula is C10H6F3NO. The molecule has 0 aliphatic heterocycles. The summed E-state index contributed by atoms with van der Waals surface area (Å²) in [5.74, 6) is -0.409. The van der Waals surface area contributed by atoms with Gasteiger partial charge in [0.25, 0.3) is 0 Å². The number of phenols is 1. The van der Waals surface area contributed by atoms with Crippen LogP contribution in [0, 0.1) is 0 Å². The zero-order valence-corrected chi connectivity index (χ0v) is 7.42. The van der Waals surface area contributed by atoms with E-state index in [0.29, 0.717) is 11.5 Å². The summed E-state index contributed by atoms with van der Waals surface area (Å²) < 4.78 is 37.1. The van der Waals surface area contributed by atoms with Crippen LogP contribution in [-0.2, 0) is 6.18 Å². The lowest BCUT2D eigenvalue weighted by atomic mass is 10.1. The van der Waals surface area contributed by atoms with Gasteiger partial charge in [0.1, 0.15) is 5.75 Å². The van der Waals surface area contributed by atoms with Gasteiger partial charge in [0.2, 0.25) is 0 Å². The molecule has 0 aliphatic carbocycles. The van der Waals surface area contributed by atoms with Crippen LogP contribution in [0.15, 0.2) is 30.5 Å². The minimum atomic E-state index is -4.47. The van der Waals surface area contributed by atoms with Crippen molar-refractivity contribution in [2.45, 2.75) is 6.18 Å². The molecule has 0 aliphatic rings. The third-order valence-corrected chi connectivity index (χ3v) is 2.03. The lowest BCUT2D eigenvalue weighted by molar-refractivity contribution is -0.137. The second-order valence-corrected chi connectivity index (χ2v) is 3.06. The maximum Gasteiger partial charge on any atom is 0.416 e. The van der Waals surface area contributed by atoms with Crippen molar-refractivity contribution < 1.29 is 18.3 Å². The number of hydrogen-bond donors (Lipinski definition) is 1. The van der Waals surface area contributed by atoms with Crippen LogP contribution in [0.4, 0.5) is 13.2 Å². The smallest absolute Gasteiger partial charge is 0.416 e. The lowest BCUT2D eigenvalue weighted by Crippen LogP contribution is -2.04. The Morgan fingerprint density at radius 2 is 1.93 bits per heavy atom. The molecule has 1 aromatic heterocycles. The fourth-order valence-corrected chi connectivity index (χ4v) is 1.33. The monoisotopic (exact) mass is 213 g/mol. The predicted octanol–water partition coefficient (Wildman–Crippen LogP) is 2.96. The highest BCUT2D eigenvalue weighted by molar-refractivity contribution is 5.85. The maximum absolute atomic E-state index is 12.4. The summed E-state index contributed by atoms with van der Waals surface area (Å²) in [6.45, 7) is 0. The molecule has 0 saturated heterocycles. The van der Waals surface area contributed by atoms with Crippen LogP contribution in [0.5, 0.6) is 5.75 Å². The summed E-state index contributed by atoms with van der Waals surface area (Å²) in [7, 11) is 0. The first-order valence-electron chi connectivity index (χ1n) is 4.13. The average molecular weight is 213 g/mol. The first kappa shape index (κ1) is 9.76. The fourth-order valence-electron chi connectivity index (χ4n) is 1.33. The molecule has 78 valence electrons. The molecule has 0 unspecified atom stereocenters. The maximum atomic E-state index is 12.4. The van der Waals surface area contributed by atoms with Crippen molar-refractivity contribution in [1.82, 2.24) is 4.98 Å². The van der Waals surface area contributed by atoms with Crippen LogP contribution >= 0.6 is 0 Å². The molecule has 0 atom stereocenters. The van der Waals surface area contributed by atoms with E-state index in [1.807, 2.05) is 0 Å². The normalized spacial score (nSPS) is 11.9. The van der Waals surface area contributed by atoms with Crippen LogP contribution in [0.1, 0.15) is 5.56 Å². The van der Waals surface area contributed by atoms with E-state index in [1.54, 1.807) is 6.07 Å². The number of hydrogen-bond acceptors (Lipinski definition) is 2. The molecule has 1 N–H and O–H groups in total. The van der Waals surface area contributed by atoms with E-state index >= 15 is 0 Å². The number of pyridine rings is 1. The number of alkyl halides is 3.